The van der Waals surface area contributed by atoms with E-state index in [0.717, 1.165) is 76.7 Å². The minimum atomic E-state index is 0.482. The summed E-state index contributed by atoms with van der Waals surface area (Å²) >= 11 is 0. The van der Waals surface area contributed by atoms with E-state index in [0.29, 0.717) is 28.5 Å². The molecule has 0 spiro atoms. The first-order chi connectivity index (χ1) is 25.7. The minimum absolute atomic E-state index is 0.482. The number of nitrogens with zero attached hydrogens (tertiary/aromatic N) is 4. The lowest BCUT2D eigenvalue weighted by atomic mass is 10.1. The van der Waals surface area contributed by atoms with Crippen molar-refractivity contribution in [2.45, 2.75) is 6.92 Å². The predicted molar refractivity (Wildman–Crippen MR) is 211 cm³/mol. The SMILES string of the molecule is C=c1/c(=C(\C=C/C)c2nc(-c3ccccc3)nc(-c3ccc4c(c3)oc3ccccc34)n2)oc2c1ccc1c3ccccc3n(-c3ccccc3)c12. The fourth-order valence-corrected chi connectivity index (χ4v) is 7.34. The Morgan fingerprint density at radius 2 is 1.25 bits per heavy atom. The molecule has 0 N–H and O–H groups in total. The third-order valence-corrected chi connectivity index (χ3v) is 9.73. The van der Waals surface area contributed by atoms with E-state index in [1.165, 1.54) is 0 Å². The number of furan rings is 2. The number of benzene rings is 6. The maximum absolute atomic E-state index is 6.97. The van der Waals surface area contributed by atoms with Crippen molar-refractivity contribution < 1.29 is 8.83 Å². The van der Waals surface area contributed by atoms with E-state index in [-0.39, 0.29) is 0 Å². The zero-order valence-electron chi connectivity index (χ0n) is 28.2. The molecule has 0 amide bonds. The number of rotatable bonds is 5. The molecule has 6 nitrogen and oxygen atoms in total. The Kier molecular flexibility index (Phi) is 6.76. The summed E-state index contributed by atoms with van der Waals surface area (Å²) in [5.41, 5.74) is 8.54. The van der Waals surface area contributed by atoms with Crippen LogP contribution in [0.3, 0.4) is 0 Å². The second kappa shape index (κ2) is 11.8. The minimum Gasteiger partial charge on any atom is -0.456 e. The molecule has 0 saturated carbocycles. The van der Waals surface area contributed by atoms with Gasteiger partial charge >= 0.3 is 0 Å². The Morgan fingerprint density at radius 3 is 2.06 bits per heavy atom. The zero-order valence-corrected chi connectivity index (χ0v) is 28.2. The molecule has 0 unspecified atom stereocenters. The Morgan fingerprint density at radius 1 is 0.596 bits per heavy atom. The van der Waals surface area contributed by atoms with Crippen molar-refractivity contribution in [3.8, 4) is 28.5 Å². The molecule has 4 heterocycles. The van der Waals surface area contributed by atoms with Crippen molar-refractivity contribution in [2.75, 3.05) is 0 Å². The van der Waals surface area contributed by atoms with Gasteiger partial charge in [0.1, 0.15) is 16.6 Å². The molecule has 0 aliphatic carbocycles. The van der Waals surface area contributed by atoms with Gasteiger partial charge in [0, 0.05) is 49.0 Å². The first-order valence-electron chi connectivity index (χ1n) is 17.3. The number of allylic oxidation sites excluding steroid dienone is 2. The van der Waals surface area contributed by atoms with E-state index < -0.39 is 0 Å². The first kappa shape index (κ1) is 29.8. The molecule has 0 radical (unpaired) electrons. The van der Waals surface area contributed by atoms with Gasteiger partial charge in [-0.2, -0.15) is 0 Å². The van der Waals surface area contributed by atoms with Gasteiger partial charge in [-0.3, -0.25) is 0 Å². The molecule has 0 bridgehead atoms. The van der Waals surface area contributed by atoms with Crippen LogP contribution in [0.15, 0.2) is 161 Å². The molecule has 0 fully saturated rings. The monoisotopic (exact) mass is 670 g/mol. The van der Waals surface area contributed by atoms with Gasteiger partial charge in [-0.25, -0.2) is 15.0 Å². The Balaban J connectivity index is 1.26. The van der Waals surface area contributed by atoms with Gasteiger partial charge in [-0.1, -0.05) is 116 Å². The summed E-state index contributed by atoms with van der Waals surface area (Å²) in [5, 5.41) is 6.07. The van der Waals surface area contributed by atoms with Crippen LogP contribution >= 0.6 is 0 Å². The Hall–Kier alpha value is -7.05. The lowest BCUT2D eigenvalue weighted by Gasteiger charge is -2.08. The second-order valence-electron chi connectivity index (χ2n) is 12.8. The molecular weight excluding hydrogens is 641 g/mol. The van der Waals surface area contributed by atoms with Gasteiger partial charge in [0.05, 0.1) is 16.6 Å². The van der Waals surface area contributed by atoms with Crippen molar-refractivity contribution in [2.24, 2.45) is 0 Å². The van der Waals surface area contributed by atoms with E-state index in [9.17, 15) is 0 Å². The number of fused-ring (bicyclic) bond motifs is 8. The molecular formula is C46H30N4O2. The smallest absolute Gasteiger partial charge is 0.167 e. The summed E-state index contributed by atoms with van der Waals surface area (Å²) in [5.74, 6) is 1.57. The molecule has 52 heavy (non-hydrogen) atoms. The van der Waals surface area contributed by atoms with Crippen molar-refractivity contribution in [1.82, 2.24) is 19.5 Å². The van der Waals surface area contributed by atoms with Crippen LogP contribution < -0.4 is 10.6 Å². The molecule has 6 aromatic carbocycles. The van der Waals surface area contributed by atoms with Crippen molar-refractivity contribution in [3.63, 3.8) is 0 Å². The first-order valence-corrected chi connectivity index (χ1v) is 17.3. The highest BCUT2D eigenvalue weighted by Gasteiger charge is 2.20. The van der Waals surface area contributed by atoms with Crippen LogP contribution in [0.4, 0.5) is 0 Å². The van der Waals surface area contributed by atoms with Crippen LogP contribution in [0.25, 0.3) is 95.3 Å². The van der Waals surface area contributed by atoms with E-state index in [1.807, 2.05) is 85.8 Å². The van der Waals surface area contributed by atoms with Crippen LogP contribution in [0.5, 0.6) is 0 Å². The van der Waals surface area contributed by atoms with Crippen molar-refractivity contribution in [3.05, 3.63) is 168 Å². The average molecular weight is 671 g/mol. The zero-order chi connectivity index (χ0) is 34.8. The molecule has 6 heteroatoms. The standard InChI is InChI=1S/C46H30N4O2/c1-3-14-37(42-28(2)32-25-26-36-33-19-10-12-21-38(33)50(41(36)43(32)52-42)31-17-8-5-9-18-31)46-48-44(29-15-6-4-7-16-29)47-45(49-46)30-23-24-35-34-20-11-13-22-39(34)51-40(35)27-30/h3-27H,2H2,1H3/b14-3-,42-37-. The van der Waals surface area contributed by atoms with E-state index in [1.54, 1.807) is 0 Å². The summed E-state index contributed by atoms with van der Waals surface area (Å²) < 4.78 is 15.5. The molecule has 0 aliphatic rings. The highest BCUT2D eigenvalue weighted by Crippen LogP contribution is 2.36. The molecule has 4 aromatic heterocycles. The summed E-state index contributed by atoms with van der Waals surface area (Å²) in [4.78, 5) is 15.2. The summed E-state index contributed by atoms with van der Waals surface area (Å²) in [6.07, 6.45) is 3.97. The maximum Gasteiger partial charge on any atom is 0.167 e. The van der Waals surface area contributed by atoms with Gasteiger partial charge in [-0.05, 0) is 49.4 Å². The molecule has 0 atom stereocenters. The van der Waals surface area contributed by atoms with Crippen molar-refractivity contribution >= 4 is 66.9 Å². The number of aromatic nitrogens is 4. The topological polar surface area (TPSA) is 69.9 Å². The lowest BCUT2D eigenvalue weighted by Crippen LogP contribution is -2.22. The largest absolute Gasteiger partial charge is 0.456 e. The van der Waals surface area contributed by atoms with E-state index >= 15 is 0 Å². The highest BCUT2D eigenvalue weighted by molar-refractivity contribution is 6.17. The Bertz CT molecular complexity index is 3150. The summed E-state index contributed by atoms with van der Waals surface area (Å²) in [6.45, 7) is 6.55. The molecule has 10 aromatic rings. The van der Waals surface area contributed by atoms with Gasteiger partial charge < -0.3 is 13.4 Å². The fourth-order valence-electron chi connectivity index (χ4n) is 7.34. The predicted octanol–water partition coefficient (Wildman–Crippen LogP) is 10.1. The lowest BCUT2D eigenvalue weighted by molar-refractivity contribution is 0.574. The van der Waals surface area contributed by atoms with Crippen molar-refractivity contribution in [1.29, 1.82) is 0 Å². The van der Waals surface area contributed by atoms with Gasteiger partial charge in [-0.15, -0.1) is 0 Å². The average Bonchev–Trinajstić information content (AvgIpc) is 3.86. The van der Waals surface area contributed by atoms with Crippen LogP contribution in [0.2, 0.25) is 0 Å². The van der Waals surface area contributed by atoms with E-state index in [2.05, 4.69) is 83.9 Å². The molecule has 0 aliphatic heterocycles. The summed E-state index contributed by atoms with van der Waals surface area (Å²) in [7, 11) is 0. The van der Waals surface area contributed by atoms with Crippen LogP contribution in [0, 0.1) is 0 Å². The molecule has 246 valence electrons. The number of hydrogen-bond acceptors (Lipinski definition) is 5. The number of hydrogen-bond donors (Lipinski definition) is 0. The van der Waals surface area contributed by atoms with Gasteiger partial charge in [0.2, 0.25) is 0 Å². The number of para-hydroxylation sites is 3. The third kappa shape index (κ3) is 4.62. The van der Waals surface area contributed by atoms with Gasteiger partial charge in [0.25, 0.3) is 0 Å². The molecule has 0 saturated heterocycles. The van der Waals surface area contributed by atoms with Crippen LogP contribution in [-0.2, 0) is 0 Å². The maximum atomic E-state index is 6.97. The van der Waals surface area contributed by atoms with Gasteiger partial charge in [0.15, 0.2) is 23.1 Å². The van der Waals surface area contributed by atoms with E-state index in [4.69, 9.17) is 23.8 Å². The van der Waals surface area contributed by atoms with Crippen LogP contribution in [-0.4, -0.2) is 19.5 Å². The second-order valence-corrected chi connectivity index (χ2v) is 12.8. The van der Waals surface area contributed by atoms with Crippen LogP contribution in [0.1, 0.15) is 12.7 Å². The fraction of sp³-hybridized carbons (Fsp3) is 0.0217. The highest BCUT2D eigenvalue weighted by atomic mass is 16.3. The summed E-state index contributed by atoms with van der Waals surface area (Å²) in [6, 6.07) is 47.3. The quantitative estimate of drug-likeness (QED) is 0.182. The molecule has 10 rings (SSSR count). The third-order valence-electron chi connectivity index (χ3n) is 9.73. The normalized spacial score (nSPS) is 12.6. The Labute approximate surface area is 297 Å².